The normalized spacial score (nSPS) is 18.0. The van der Waals surface area contributed by atoms with Crippen LogP contribution in [0.3, 0.4) is 0 Å². The molecule has 1 aliphatic rings. The van der Waals surface area contributed by atoms with Gasteiger partial charge in [0.25, 0.3) is 0 Å². The van der Waals surface area contributed by atoms with Crippen LogP contribution in [0.2, 0.25) is 0 Å². The van der Waals surface area contributed by atoms with Crippen molar-refractivity contribution in [3.05, 3.63) is 58.0 Å². The molecule has 0 fully saturated rings. The molecule has 0 spiro atoms. The molecule has 1 aromatic carbocycles. The van der Waals surface area contributed by atoms with Gasteiger partial charge in [0.1, 0.15) is 10.8 Å². The van der Waals surface area contributed by atoms with Crippen molar-refractivity contribution in [2.24, 2.45) is 5.92 Å². The lowest BCUT2D eigenvalue weighted by atomic mass is 9.79. The minimum absolute atomic E-state index is 0.0366. The summed E-state index contributed by atoms with van der Waals surface area (Å²) in [5.74, 6) is -0.180. The van der Waals surface area contributed by atoms with Gasteiger partial charge in [-0.05, 0) is 60.9 Å². The predicted molar refractivity (Wildman–Crippen MR) is 120 cm³/mol. The third kappa shape index (κ3) is 5.69. The first kappa shape index (κ1) is 25.1. The molecule has 3 rings (SSSR count). The van der Waals surface area contributed by atoms with Gasteiger partial charge in [0, 0.05) is 18.6 Å². The number of Topliss-reactive ketones (excluding diaryl/α,β-unsaturated/α-hetero) is 1. The first-order valence-electron chi connectivity index (χ1n) is 10.9. The molecular formula is C24H27F3N2O3S. The van der Waals surface area contributed by atoms with Crippen LogP contribution >= 0.6 is 0 Å². The minimum Gasteiger partial charge on any atom is -0.512 e. The van der Waals surface area contributed by atoms with Gasteiger partial charge in [0.05, 0.1) is 16.4 Å². The third-order valence-corrected chi connectivity index (χ3v) is 7.15. The van der Waals surface area contributed by atoms with Crippen LogP contribution < -0.4 is 0 Å². The zero-order valence-electron chi connectivity index (χ0n) is 18.8. The number of aliphatic hydroxyl groups is 1. The Hall–Kier alpha value is -2.55. The highest BCUT2D eigenvalue weighted by Crippen LogP contribution is 2.37. The van der Waals surface area contributed by atoms with Crippen LogP contribution in [0.1, 0.15) is 61.1 Å². The summed E-state index contributed by atoms with van der Waals surface area (Å²) in [4.78, 5) is 13.1. The van der Waals surface area contributed by atoms with Crippen molar-refractivity contribution in [3.8, 4) is 0 Å². The Kier molecular flexibility index (Phi) is 7.72. The molecule has 0 saturated heterocycles. The molecule has 0 radical (unpaired) electrons. The van der Waals surface area contributed by atoms with E-state index in [1.165, 1.54) is 0 Å². The van der Waals surface area contributed by atoms with Crippen LogP contribution in [0.15, 0.2) is 35.1 Å². The molecule has 33 heavy (non-hydrogen) atoms. The van der Waals surface area contributed by atoms with Crippen molar-refractivity contribution in [1.29, 1.82) is 0 Å². The lowest BCUT2D eigenvalue weighted by molar-refractivity contribution is -0.141. The summed E-state index contributed by atoms with van der Waals surface area (Å²) in [6, 6.07) is 5.90. The second-order valence-corrected chi connectivity index (χ2v) is 9.79. The first-order valence-corrected chi connectivity index (χ1v) is 12.2. The van der Waals surface area contributed by atoms with E-state index in [0.29, 0.717) is 12.0 Å². The minimum atomic E-state index is -4.61. The third-order valence-electron chi connectivity index (χ3n) is 5.86. The fraction of sp³-hybridized carbons (Fsp3) is 0.458. The molecule has 1 heterocycles. The number of hydrogen-bond donors (Lipinski definition) is 1. The average molecular weight is 481 g/mol. The largest absolute Gasteiger partial charge is 0.512 e. The monoisotopic (exact) mass is 480 g/mol. The molecule has 1 N–H and O–H groups in total. The number of rotatable bonds is 7. The molecule has 5 nitrogen and oxygen atoms in total. The van der Waals surface area contributed by atoms with Crippen LogP contribution in [-0.2, 0) is 34.6 Å². The Bertz CT molecular complexity index is 1070. The Morgan fingerprint density at radius 2 is 1.73 bits per heavy atom. The number of hydrogen-bond acceptors (Lipinski definition) is 5. The van der Waals surface area contributed by atoms with E-state index < -0.39 is 22.7 Å². The van der Waals surface area contributed by atoms with Crippen LogP contribution in [-0.4, -0.2) is 31.0 Å². The van der Waals surface area contributed by atoms with E-state index in [-0.39, 0.29) is 41.1 Å². The topological polar surface area (TPSA) is 80.2 Å². The summed E-state index contributed by atoms with van der Waals surface area (Å²) in [7, 11) is -1.65. The summed E-state index contributed by atoms with van der Waals surface area (Å²) < 4.78 is 50.3. The summed E-state index contributed by atoms with van der Waals surface area (Å²) in [5.41, 5.74) is 3.24. The molecule has 1 aromatic heterocycles. The Balaban J connectivity index is 1.74. The number of allylic oxidation sites excluding steroid dienone is 2. The number of alkyl halides is 3. The number of halogens is 3. The first-order chi connectivity index (χ1) is 15.5. The van der Waals surface area contributed by atoms with E-state index in [4.69, 9.17) is 0 Å². The number of aromatic nitrogens is 2. The highest BCUT2D eigenvalue weighted by atomic mass is 32.2. The molecular weight excluding hydrogens is 453 g/mol. The van der Waals surface area contributed by atoms with Crippen molar-refractivity contribution >= 4 is 22.2 Å². The standard InChI is InChI=1S/C24H27F3N2O3S/c1-4-16-10-14(3)11-17(5-2)22(16)23-18(30)12-15(13-19(23)31)8-9-33(32)21-7-6-20(28-29-21)24(25,26)27/h6-7,10-11,15,30H,4-5,8-9,12-13H2,1-3H3. The number of ketones is 1. The molecule has 178 valence electrons. The van der Waals surface area contributed by atoms with E-state index in [0.717, 1.165) is 47.2 Å². The lowest BCUT2D eigenvalue weighted by Gasteiger charge is -2.26. The Morgan fingerprint density at radius 1 is 1.09 bits per heavy atom. The second kappa shape index (κ2) is 10.2. The van der Waals surface area contributed by atoms with Crippen molar-refractivity contribution in [2.45, 2.75) is 64.1 Å². The summed E-state index contributed by atoms with van der Waals surface area (Å²) in [6.45, 7) is 6.05. The van der Waals surface area contributed by atoms with E-state index in [2.05, 4.69) is 10.2 Å². The van der Waals surface area contributed by atoms with E-state index in [1.807, 2.05) is 32.9 Å². The van der Waals surface area contributed by atoms with E-state index in [9.17, 15) is 27.3 Å². The molecule has 9 heteroatoms. The molecule has 2 unspecified atom stereocenters. The highest BCUT2D eigenvalue weighted by Gasteiger charge is 2.33. The van der Waals surface area contributed by atoms with Gasteiger partial charge in [-0.1, -0.05) is 31.5 Å². The molecule has 2 aromatic rings. The zero-order valence-corrected chi connectivity index (χ0v) is 19.6. The summed E-state index contributed by atoms with van der Waals surface area (Å²) in [6.07, 6.45) is -2.25. The van der Waals surface area contributed by atoms with Gasteiger partial charge in [-0.3, -0.25) is 9.00 Å². The van der Waals surface area contributed by atoms with Gasteiger partial charge in [0.15, 0.2) is 11.5 Å². The molecule has 1 aliphatic carbocycles. The SMILES string of the molecule is CCc1cc(C)cc(CC)c1C1=C(O)CC(CCS(=O)c2ccc(C(F)(F)F)nn2)CC1=O. The van der Waals surface area contributed by atoms with Crippen molar-refractivity contribution in [1.82, 2.24) is 10.2 Å². The quantitative estimate of drug-likeness (QED) is 0.576. The number of aryl methyl sites for hydroxylation is 3. The van der Waals surface area contributed by atoms with Crippen molar-refractivity contribution in [3.63, 3.8) is 0 Å². The van der Waals surface area contributed by atoms with Crippen LogP contribution in [0, 0.1) is 12.8 Å². The molecule has 0 aliphatic heterocycles. The molecule has 2 atom stereocenters. The number of carbonyl (C=O) groups excluding carboxylic acids is 1. The van der Waals surface area contributed by atoms with Gasteiger partial charge in [0.2, 0.25) is 0 Å². The van der Waals surface area contributed by atoms with Crippen LogP contribution in [0.25, 0.3) is 5.57 Å². The van der Waals surface area contributed by atoms with E-state index >= 15 is 0 Å². The smallest absolute Gasteiger partial charge is 0.435 e. The number of carbonyl (C=O) groups is 1. The predicted octanol–water partition coefficient (Wildman–Crippen LogP) is 5.37. The fourth-order valence-electron chi connectivity index (χ4n) is 4.25. The van der Waals surface area contributed by atoms with E-state index in [1.54, 1.807) is 0 Å². The fourth-order valence-corrected chi connectivity index (χ4v) is 5.36. The molecule has 0 bridgehead atoms. The maximum absolute atomic E-state index is 13.1. The van der Waals surface area contributed by atoms with Crippen molar-refractivity contribution in [2.75, 3.05) is 5.75 Å². The van der Waals surface area contributed by atoms with Gasteiger partial charge >= 0.3 is 6.18 Å². The van der Waals surface area contributed by atoms with Gasteiger partial charge in [-0.15, -0.1) is 10.2 Å². The van der Waals surface area contributed by atoms with Gasteiger partial charge in [-0.25, -0.2) is 0 Å². The Morgan fingerprint density at radius 3 is 2.21 bits per heavy atom. The van der Waals surface area contributed by atoms with Crippen LogP contribution in [0.5, 0.6) is 0 Å². The zero-order chi connectivity index (χ0) is 24.3. The second-order valence-electron chi connectivity index (χ2n) is 8.28. The lowest BCUT2D eigenvalue weighted by Crippen LogP contribution is -2.22. The van der Waals surface area contributed by atoms with Gasteiger partial charge < -0.3 is 5.11 Å². The number of aliphatic hydroxyl groups excluding tert-OH is 1. The maximum atomic E-state index is 13.1. The summed E-state index contributed by atoms with van der Waals surface area (Å²) in [5, 5.41) is 17.3. The number of benzene rings is 1. The molecule has 0 saturated carbocycles. The summed E-state index contributed by atoms with van der Waals surface area (Å²) >= 11 is 0. The maximum Gasteiger partial charge on any atom is 0.435 e. The van der Waals surface area contributed by atoms with Gasteiger partial charge in [-0.2, -0.15) is 13.2 Å². The Labute approximate surface area is 193 Å². The molecule has 0 amide bonds. The van der Waals surface area contributed by atoms with Crippen LogP contribution in [0.4, 0.5) is 13.2 Å². The highest BCUT2D eigenvalue weighted by molar-refractivity contribution is 7.84. The number of nitrogens with zero attached hydrogens (tertiary/aromatic N) is 2. The van der Waals surface area contributed by atoms with Crippen molar-refractivity contribution < 1.29 is 27.3 Å². The average Bonchev–Trinajstić information content (AvgIpc) is 2.76.